The lowest BCUT2D eigenvalue weighted by atomic mass is 10.0. The fourth-order valence-corrected chi connectivity index (χ4v) is 4.60. The number of benzene rings is 2. The first-order valence-electron chi connectivity index (χ1n) is 8.39. The van der Waals surface area contributed by atoms with Crippen LogP contribution < -0.4 is 4.80 Å². The Morgan fingerprint density at radius 1 is 1.23 bits per heavy atom. The molecule has 0 spiro atoms. The van der Waals surface area contributed by atoms with Crippen LogP contribution in [0, 0.1) is 13.8 Å². The van der Waals surface area contributed by atoms with Gasteiger partial charge >= 0.3 is 0 Å². The molecule has 1 aromatic heterocycles. The van der Waals surface area contributed by atoms with Crippen molar-refractivity contribution in [1.82, 2.24) is 4.57 Å². The van der Waals surface area contributed by atoms with Crippen molar-refractivity contribution >= 4 is 50.8 Å². The van der Waals surface area contributed by atoms with E-state index in [4.69, 9.17) is 11.6 Å². The van der Waals surface area contributed by atoms with Crippen molar-refractivity contribution in [2.45, 2.75) is 26.8 Å². The summed E-state index contributed by atoms with van der Waals surface area (Å²) in [5.74, 6) is 0.847. The standard InChI is InChI=1S/C20H21ClN2OS2/c1-13-4-5-15(14(2)10-13)11-19(24)22-20-23(8-9-25-3)17-7-6-16(21)12-18(17)26-20/h4-7,10,12H,8-9,11H2,1-3H3. The van der Waals surface area contributed by atoms with Crippen molar-refractivity contribution in [3.8, 4) is 0 Å². The van der Waals surface area contributed by atoms with E-state index in [1.165, 1.54) is 16.9 Å². The summed E-state index contributed by atoms with van der Waals surface area (Å²) < 4.78 is 3.17. The Morgan fingerprint density at radius 3 is 2.77 bits per heavy atom. The van der Waals surface area contributed by atoms with E-state index in [1.807, 2.05) is 37.3 Å². The maximum atomic E-state index is 12.6. The molecule has 0 radical (unpaired) electrons. The maximum Gasteiger partial charge on any atom is 0.252 e. The van der Waals surface area contributed by atoms with Crippen molar-refractivity contribution in [3.63, 3.8) is 0 Å². The van der Waals surface area contributed by atoms with Crippen molar-refractivity contribution < 1.29 is 4.79 Å². The minimum atomic E-state index is -0.118. The minimum absolute atomic E-state index is 0.118. The van der Waals surface area contributed by atoms with Crippen molar-refractivity contribution in [2.24, 2.45) is 4.99 Å². The molecule has 0 fully saturated rings. The highest BCUT2D eigenvalue weighted by Gasteiger charge is 2.10. The molecule has 3 rings (SSSR count). The van der Waals surface area contributed by atoms with Crippen molar-refractivity contribution in [1.29, 1.82) is 0 Å². The summed E-state index contributed by atoms with van der Waals surface area (Å²) in [5.41, 5.74) is 4.44. The molecular weight excluding hydrogens is 384 g/mol. The number of nitrogens with zero attached hydrogens (tertiary/aromatic N) is 2. The Balaban J connectivity index is 1.98. The van der Waals surface area contributed by atoms with Crippen molar-refractivity contribution in [2.75, 3.05) is 12.0 Å². The predicted octanol–water partition coefficient (Wildman–Crippen LogP) is 5.01. The molecule has 0 aliphatic rings. The topological polar surface area (TPSA) is 34.4 Å². The van der Waals surface area contributed by atoms with E-state index in [1.54, 1.807) is 11.8 Å². The Kier molecular flexibility index (Phi) is 6.22. The molecule has 0 bridgehead atoms. The smallest absolute Gasteiger partial charge is 0.252 e. The number of halogens is 1. The predicted molar refractivity (Wildman–Crippen MR) is 113 cm³/mol. The molecule has 0 saturated heterocycles. The number of hydrogen-bond acceptors (Lipinski definition) is 3. The van der Waals surface area contributed by atoms with E-state index < -0.39 is 0 Å². The van der Waals surface area contributed by atoms with Gasteiger partial charge in [0.25, 0.3) is 5.91 Å². The number of hydrogen-bond donors (Lipinski definition) is 0. The summed E-state index contributed by atoms with van der Waals surface area (Å²) in [6.07, 6.45) is 2.40. The summed E-state index contributed by atoms with van der Waals surface area (Å²) in [6, 6.07) is 12.0. The van der Waals surface area contributed by atoms with E-state index >= 15 is 0 Å². The van der Waals surface area contributed by atoms with Gasteiger partial charge in [-0.1, -0.05) is 46.7 Å². The maximum absolute atomic E-state index is 12.6. The normalized spacial score (nSPS) is 12.1. The van der Waals surface area contributed by atoms with Gasteiger partial charge in [0.05, 0.1) is 16.6 Å². The SMILES string of the molecule is CSCCn1c(=NC(=O)Cc2ccc(C)cc2C)sc2cc(Cl)ccc21. The number of rotatable bonds is 5. The van der Waals surface area contributed by atoms with Gasteiger partial charge in [-0.15, -0.1) is 0 Å². The molecule has 1 heterocycles. The van der Waals surface area contributed by atoms with Crippen LogP contribution in [0.5, 0.6) is 0 Å². The van der Waals surface area contributed by atoms with Crippen LogP contribution in [-0.2, 0) is 17.8 Å². The molecule has 2 aromatic carbocycles. The lowest BCUT2D eigenvalue weighted by Crippen LogP contribution is -2.18. The van der Waals surface area contributed by atoms with E-state index in [0.29, 0.717) is 11.4 Å². The van der Waals surface area contributed by atoms with Gasteiger partial charge in [-0.25, -0.2) is 0 Å². The average molecular weight is 405 g/mol. The number of thioether (sulfide) groups is 1. The summed E-state index contributed by atoms with van der Waals surface area (Å²) >= 11 is 9.42. The molecular formula is C20H21ClN2OS2. The highest BCUT2D eigenvalue weighted by Crippen LogP contribution is 2.22. The molecule has 1 amide bonds. The first-order chi connectivity index (χ1) is 12.5. The molecule has 136 valence electrons. The van der Waals surface area contributed by atoms with E-state index in [0.717, 1.165) is 38.4 Å². The lowest BCUT2D eigenvalue weighted by molar-refractivity contribution is -0.117. The van der Waals surface area contributed by atoms with Gasteiger partial charge in [0.1, 0.15) is 0 Å². The Hall–Kier alpha value is -1.56. The van der Waals surface area contributed by atoms with Crippen LogP contribution >= 0.6 is 34.7 Å². The Labute approximate surface area is 166 Å². The molecule has 0 aliphatic heterocycles. The zero-order valence-electron chi connectivity index (χ0n) is 15.1. The number of aromatic nitrogens is 1. The van der Waals surface area contributed by atoms with Gasteiger partial charge in [0, 0.05) is 17.3 Å². The highest BCUT2D eigenvalue weighted by atomic mass is 35.5. The minimum Gasteiger partial charge on any atom is -0.316 e. The largest absolute Gasteiger partial charge is 0.316 e. The van der Waals surface area contributed by atoms with Gasteiger partial charge in [0.2, 0.25) is 0 Å². The fourth-order valence-electron chi connectivity index (χ4n) is 2.88. The fraction of sp³-hybridized carbons (Fsp3) is 0.300. The Bertz CT molecular complexity index is 1020. The zero-order valence-corrected chi connectivity index (χ0v) is 17.5. The summed E-state index contributed by atoms with van der Waals surface area (Å²) in [4.78, 5) is 17.8. The van der Waals surface area contributed by atoms with E-state index in [2.05, 4.69) is 28.8 Å². The molecule has 26 heavy (non-hydrogen) atoms. The molecule has 0 aliphatic carbocycles. The first-order valence-corrected chi connectivity index (χ1v) is 11.0. The second kappa shape index (κ2) is 8.42. The monoisotopic (exact) mass is 404 g/mol. The number of carbonyl (C=O) groups excluding carboxylic acids is 1. The summed E-state index contributed by atoms with van der Waals surface area (Å²) in [5, 5.41) is 0.698. The number of amides is 1. The van der Waals surface area contributed by atoms with Crippen molar-refractivity contribution in [3.05, 3.63) is 62.9 Å². The molecule has 3 nitrogen and oxygen atoms in total. The van der Waals surface area contributed by atoms with Crippen LogP contribution in [0.4, 0.5) is 0 Å². The molecule has 0 unspecified atom stereocenters. The Morgan fingerprint density at radius 2 is 2.04 bits per heavy atom. The van der Waals surface area contributed by atoms with Crippen LogP contribution in [0.15, 0.2) is 41.4 Å². The van der Waals surface area contributed by atoms with Crippen LogP contribution in [0.2, 0.25) is 5.02 Å². The van der Waals surface area contributed by atoms with Crippen LogP contribution in [-0.4, -0.2) is 22.5 Å². The molecule has 3 aromatic rings. The van der Waals surface area contributed by atoms with Gasteiger partial charge in [-0.05, 0) is 49.4 Å². The number of aryl methyl sites for hydroxylation is 3. The number of carbonyl (C=O) groups is 1. The van der Waals surface area contributed by atoms with Gasteiger partial charge < -0.3 is 4.57 Å². The van der Waals surface area contributed by atoms with Crippen LogP contribution in [0.1, 0.15) is 16.7 Å². The third-order valence-corrected chi connectivity index (χ3v) is 6.09. The second-order valence-corrected chi connectivity index (χ2v) is 8.68. The van der Waals surface area contributed by atoms with Crippen LogP contribution in [0.25, 0.3) is 10.2 Å². The third-order valence-electron chi connectivity index (χ3n) is 4.22. The van der Waals surface area contributed by atoms with Gasteiger partial charge in [0.15, 0.2) is 4.80 Å². The average Bonchev–Trinajstić information content (AvgIpc) is 2.91. The van der Waals surface area contributed by atoms with Gasteiger partial charge in [-0.3, -0.25) is 4.79 Å². The number of thiazole rings is 1. The first kappa shape index (κ1) is 19.2. The molecule has 0 atom stereocenters. The molecule has 0 saturated carbocycles. The number of fused-ring (bicyclic) bond motifs is 1. The van der Waals surface area contributed by atoms with E-state index in [9.17, 15) is 4.79 Å². The second-order valence-electron chi connectivity index (χ2n) is 6.25. The molecule has 6 heteroatoms. The summed E-state index contributed by atoms with van der Waals surface area (Å²) in [7, 11) is 0. The summed E-state index contributed by atoms with van der Waals surface area (Å²) in [6.45, 7) is 4.91. The highest BCUT2D eigenvalue weighted by molar-refractivity contribution is 7.98. The van der Waals surface area contributed by atoms with Crippen LogP contribution in [0.3, 0.4) is 0 Å². The molecule has 0 N–H and O–H groups in total. The quantitative estimate of drug-likeness (QED) is 0.599. The lowest BCUT2D eigenvalue weighted by Gasteiger charge is -2.05. The van der Waals surface area contributed by atoms with Gasteiger partial charge in [-0.2, -0.15) is 16.8 Å². The third kappa shape index (κ3) is 4.40. The van der Waals surface area contributed by atoms with E-state index in [-0.39, 0.29) is 5.91 Å². The zero-order chi connectivity index (χ0) is 18.7.